The Morgan fingerprint density at radius 2 is 1.93 bits per heavy atom. The molecule has 0 atom stereocenters. The summed E-state index contributed by atoms with van der Waals surface area (Å²) >= 11 is 0. The van der Waals surface area contributed by atoms with Gasteiger partial charge in [-0.3, -0.25) is 4.79 Å². The van der Waals surface area contributed by atoms with Crippen molar-refractivity contribution >= 4 is 5.91 Å². The van der Waals surface area contributed by atoms with Gasteiger partial charge in [0.25, 0.3) is 0 Å². The summed E-state index contributed by atoms with van der Waals surface area (Å²) in [5, 5.41) is 4.03. The Morgan fingerprint density at radius 1 is 1.17 bits per heavy atom. The van der Waals surface area contributed by atoms with Crippen molar-refractivity contribution in [3.8, 4) is 17.1 Å². The summed E-state index contributed by atoms with van der Waals surface area (Å²) < 4.78 is 10.5. The Hall–Kier alpha value is -3.41. The molecule has 1 heterocycles. The number of hydrogen-bond acceptors (Lipinski definition) is 5. The maximum Gasteiger partial charge on any atom is 0.246 e. The first-order valence-electron chi connectivity index (χ1n) is 9.59. The van der Waals surface area contributed by atoms with Crippen molar-refractivity contribution in [2.75, 3.05) is 13.7 Å². The zero-order valence-electron chi connectivity index (χ0n) is 16.6. The number of benzene rings is 2. The summed E-state index contributed by atoms with van der Waals surface area (Å²) in [6, 6.07) is 17.6. The van der Waals surface area contributed by atoms with Gasteiger partial charge < -0.3 is 14.2 Å². The molecule has 0 aliphatic rings. The molecule has 29 heavy (non-hydrogen) atoms. The van der Waals surface area contributed by atoms with Gasteiger partial charge in [0.15, 0.2) is 0 Å². The van der Waals surface area contributed by atoms with Crippen LogP contribution in [-0.2, 0) is 17.8 Å². The van der Waals surface area contributed by atoms with Crippen LogP contribution in [0.1, 0.15) is 24.3 Å². The second-order valence-corrected chi connectivity index (χ2v) is 6.64. The zero-order chi connectivity index (χ0) is 20.5. The predicted octanol–water partition coefficient (Wildman–Crippen LogP) is 4.28. The number of amides is 1. The second kappa shape index (κ2) is 10.2. The lowest BCUT2D eigenvalue weighted by Gasteiger charge is -2.19. The molecule has 3 rings (SSSR count). The second-order valence-electron chi connectivity index (χ2n) is 6.64. The highest BCUT2D eigenvalue weighted by molar-refractivity contribution is 5.76. The van der Waals surface area contributed by atoms with Gasteiger partial charge in [-0.15, -0.1) is 6.58 Å². The van der Waals surface area contributed by atoms with Crippen molar-refractivity contribution in [2.45, 2.75) is 25.8 Å². The van der Waals surface area contributed by atoms with Gasteiger partial charge in [0.2, 0.25) is 17.6 Å². The van der Waals surface area contributed by atoms with Gasteiger partial charge in [0, 0.05) is 18.5 Å². The van der Waals surface area contributed by atoms with Crippen LogP contribution in [0.25, 0.3) is 11.4 Å². The fourth-order valence-corrected chi connectivity index (χ4v) is 3.00. The summed E-state index contributed by atoms with van der Waals surface area (Å²) in [5.41, 5.74) is 2.06. The van der Waals surface area contributed by atoms with Gasteiger partial charge in [-0.05, 0) is 42.7 Å². The molecule has 6 nitrogen and oxygen atoms in total. The molecule has 0 fully saturated rings. The molecule has 0 aliphatic carbocycles. The molecule has 1 amide bonds. The monoisotopic (exact) mass is 391 g/mol. The van der Waals surface area contributed by atoms with Crippen LogP contribution in [0.15, 0.2) is 71.8 Å². The third kappa shape index (κ3) is 5.78. The van der Waals surface area contributed by atoms with Crippen molar-refractivity contribution in [3.05, 3.63) is 78.7 Å². The molecule has 0 aliphatic heterocycles. The van der Waals surface area contributed by atoms with E-state index < -0.39 is 0 Å². The van der Waals surface area contributed by atoms with E-state index in [-0.39, 0.29) is 12.5 Å². The number of aryl methyl sites for hydroxylation is 1. The molecule has 2 aromatic carbocycles. The number of ether oxygens (including phenoxy) is 1. The molecule has 0 radical (unpaired) electrons. The van der Waals surface area contributed by atoms with E-state index in [0.29, 0.717) is 24.7 Å². The third-order valence-electron chi connectivity index (χ3n) is 4.54. The van der Waals surface area contributed by atoms with E-state index in [4.69, 9.17) is 9.26 Å². The number of carbonyl (C=O) groups is 1. The van der Waals surface area contributed by atoms with E-state index in [1.165, 1.54) is 5.56 Å². The Labute approximate surface area is 170 Å². The molecule has 0 N–H and O–H groups in total. The number of nitrogens with zero attached hydrogens (tertiary/aromatic N) is 3. The van der Waals surface area contributed by atoms with Crippen molar-refractivity contribution in [3.63, 3.8) is 0 Å². The van der Waals surface area contributed by atoms with Crippen LogP contribution in [0, 0.1) is 0 Å². The van der Waals surface area contributed by atoms with E-state index in [2.05, 4.69) is 28.9 Å². The van der Waals surface area contributed by atoms with Crippen molar-refractivity contribution in [2.24, 2.45) is 0 Å². The van der Waals surface area contributed by atoms with Gasteiger partial charge in [-0.2, -0.15) is 4.98 Å². The summed E-state index contributed by atoms with van der Waals surface area (Å²) in [7, 11) is 1.62. The number of carbonyl (C=O) groups excluding carboxylic acids is 1. The van der Waals surface area contributed by atoms with Gasteiger partial charge in [0.1, 0.15) is 12.3 Å². The molecule has 150 valence electrons. The molecule has 0 bridgehead atoms. The van der Waals surface area contributed by atoms with Crippen LogP contribution in [0.3, 0.4) is 0 Å². The molecule has 3 aromatic rings. The van der Waals surface area contributed by atoms with Crippen molar-refractivity contribution in [1.82, 2.24) is 15.0 Å². The predicted molar refractivity (Wildman–Crippen MR) is 111 cm³/mol. The molecular weight excluding hydrogens is 366 g/mol. The molecule has 0 saturated carbocycles. The minimum Gasteiger partial charge on any atom is -0.497 e. The molecule has 6 heteroatoms. The fourth-order valence-electron chi connectivity index (χ4n) is 3.00. The van der Waals surface area contributed by atoms with Crippen LogP contribution in [0.5, 0.6) is 5.75 Å². The average molecular weight is 391 g/mol. The van der Waals surface area contributed by atoms with E-state index in [9.17, 15) is 4.79 Å². The van der Waals surface area contributed by atoms with Gasteiger partial charge in [-0.25, -0.2) is 0 Å². The molecule has 0 spiro atoms. The maximum atomic E-state index is 12.6. The lowest BCUT2D eigenvalue weighted by atomic mass is 10.1. The Morgan fingerprint density at radius 3 is 2.62 bits per heavy atom. The van der Waals surface area contributed by atoms with Crippen molar-refractivity contribution in [1.29, 1.82) is 0 Å². The largest absolute Gasteiger partial charge is 0.497 e. The first kappa shape index (κ1) is 20.3. The third-order valence-corrected chi connectivity index (χ3v) is 4.54. The first-order chi connectivity index (χ1) is 14.2. The topological polar surface area (TPSA) is 68.5 Å². The number of aromatic nitrogens is 2. The quantitative estimate of drug-likeness (QED) is 0.483. The highest BCUT2D eigenvalue weighted by Gasteiger charge is 2.17. The highest BCUT2D eigenvalue weighted by atomic mass is 16.5. The summed E-state index contributed by atoms with van der Waals surface area (Å²) in [6.45, 7) is 4.45. The molecule has 0 unspecified atom stereocenters. The van der Waals surface area contributed by atoms with Crippen LogP contribution in [0.4, 0.5) is 0 Å². The lowest BCUT2D eigenvalue weighted by molar-refractivity contribution is -0.131. The number of methoxy groups -OCH3 is 1. The minimum absolute atomic E-state index is 0.0463. The van der Waals surface area contributed by atoms with Crippen molar-refractivity contribution < 1.29 is 14.1 Å². The van der Waals surface area contributed by atoms with Gasteiger partial charge in [-0.1, -0.05) is 41.6 Å². The van der Waals surface area contributed by atoms with Gasteiger partial charge in [0.05, 0.1) is 7.11 Å². The maximum absolute atomic E-state index is 12.6. The van der Waals surface area contributed by atoms with Crippen LogP contribution in [0.2, 0.25) is 0 Å². The highest BCUT2D eigenvalue weighted by Crippen LogP contribution is 2.20. The Balaban J connectivity index is 1.58. The van der Waals surface area contributed by atoms with Gasteiger partial charge >= 0.3 is 0 Å². The van der Waals surface area contributed by atoms with E-state index in [1.807, 2.05) is 42.5 Å². The van der Waals surface area contributed by atoms with Crippen LogP contribution in [-0.4, -0.2) is 34.6 Å². The Bertz CT molecular complexity index is 920. The van der Waals surface area contributed by atoms with E-state index >= 15 is 0 Å². The molecule has 0 saturated heterocycles. The lowest BCUT2D eigenvalue weighted by Crippen LogP contribution is -2.30. The normalized spacial score (nSPS) is 10.5. The van der Waals surface area contributed by atoms with E-state index in [0.717, 1.165) is 24.2 Å². The smallest absolute Gasteiger partial charge is 0.246 e. The SMILES string of the molecule is C=CCN(Cc1nc(-c2ccc(OC)cc2)no1)C(=O)CCCc1ccccc1. The summed E-state index contributed by atoms with van der Waals surface area (Å²) in [5.74, 6) is 1.69. The van der Waals surface area contributed by atoms with Crippen LogP contribution < -0.4 is 4.74 Å². The summed E-state index contributed by atoms with van der Waals surface area (Å²) in [4.78, 5) is 18.8. The Kier molecular flexibility index (Phi) is 7.16. The number of rotatable bonds is 10. The standard InChI is InChI=1S/C23H25N3O3/c1-3-16-26(22(27)11-7-10-18-8-5-4-6-9-18)17-21-24-23(25-29-21)19-12-14-20(28-2)15-13-19/h3-6,8-9,12-15H,1,7,10-11,16-17H2,2H3. The summed E-state index contributed by atoms with van der Waals surface area (Å²) in [6.07, 6.45) is 3.83. The molecule has 1 aromatic heterocycles. The average Bonchev–Trinajstić information content (AvgIpc) is 3.23. The first-order valence-corrected chi connectivity index (χ1v) is 9.59. The van der Waals surface area contributed by atoms with E-state index in [1.54, 1.807) is 18.1 Å². The zero-order valence-corrected chi connectivity index (χ0v) is 16.6. The molecular formula is C23H25N3O3. The minimum atomic E-state index is 0.0463. The number of hydrogen-bond donors (Lipinski definition) is 0. The fraction of sp³-hybridized carbons (Fsp3) is 0.261. The van der Waals surface area contributed by atoms with Crippen LogP contribution >= 0.6 is 0 Å².